The Morgan fingerprint density at radius 2 is 2.00 bits per heavy atom. The predicted molar refractivity (Wildman–Crippen MR) is 79.7 cm³/mol. The van der Waals surface area contributed by atoms with Crippen molar-refractivity contribution in [1.82, 2.24) is 5.32 Å². The molecule has 1 atom stereocenters. The quantitative estimate of drug-likeness (QED) is 0.862. The van der Waals surface area contributed by atoms with E-state index in [1.54, 1.807) is 12.1 Å². The lowest BCUT2D eigenvalue weighted by molar-refractivity contribution is 0.0941. The first-order valence-corrected chi connectivity index (χ1v) is 8.67. The van der Waals surface area contributed by atoms with Crippen LogP contribution in [-0.2, 0) is 9.84 Å². The Morgan fingerprint density at radius 1 is 1.30 bits per heavy atom. The normalized spacial score (nSPS) is 20.6. The molecule has 1 saturated heterocycles. The highest BCUT2D eigenvalue weighted by Crippen LogP contribution is 2.13. The molecule has 2 N–H and O–H groups in total. The number of hydrogen-bond acceptors (Lipinski definition) is 4. The fourth-order valence-corrected chi connectivity index (χ4v) is 3.86. The molecule has 0 spiro atoms. The van der Waals surface area contributed by atoms with Gasteiger partial charge in [0.2, 0.25) is 0 Å². The average molecular weight is 296 g/mol. The molecule has 110 valence electrons. The summed E-state index contributed by atoms with van der Waals surface area (Å²) in [6.45, 7) is 2.98. The van der Waals surface area contributed by atoms with E-state index < -0.39 is 9.84 Å². The zero-order chi connectivity index (χ0) is 14.6. The van der Waals surface area contributed by atoms with E-state index in [2.05, 4.69) is 17.6 Å². The molecule has 1 amide bonds. The molecule has 1 unspecified atom stereocenters. The van der Waals surface area contributed by atoms with E-state index in [0.717, 1.165) is 18.7 Å². The summed E-state index contributed by atoms with van der Waals surface area (Å²) >= 11 is 0. The van der Waals surface area contributed by atoms with Crippen LogP contribution in [0.1, 0.15) is 30.1 Å². The first kappa shape index (κ1) is 14.8. The minimum absolute atomic E-state index is 0.0505. The molecule has 1 aromatic carbocycles. The minimum atomic E-state index is -2.96. The van der Waals surface area contributed by atoms with Crippen LogP contribution < -0.4 is 10.6 Å². The largest absolute Gasteiger partial charge is 0.385 e. The van der Waals surface area contributed by atoms with Gasteiger partial charge in [-0.25, -0.2) is 8.42 Å². The number of amides is 1. The van der Waals surface area contributed by atoms with Gasteiger partial charge >= 0.3 is 0 Å². The van der Waals surface area contributed by atoms with Gasteiger partial charge in [-0.15, -0.1) is 0 Å². The Kier molecular flexibility index (Phi) is 4.65. The summed E-state index contributed by atoms with van der Waals surface area (Å²) < 4.78 is 22.7. The number of carbonyl (C=O) groups is 1. The van der Waals surface area contributed by atoms with Crippen LogP contribution in [0.5, 0.6) is 0 Å². The summed E-state index contributed by atoms with van der Waals surface area (Å²) in [7, 11) is -2.96. The summed E-state index contributed by atoms with van der Waals surface area (Å²) in [6, 6.07) is 6.95. The second-order valence-electron chi connectivity index (χ2n) is 5.08. The van der Waals surface area contributed by atoms with Crippen LogP contribution in [0.25, 0.3) is 0 Å². The van der Waals surface area contributed by atoms with Crippen LogP contribution >= 0.6 is 0 Å². The van der Waals surface area contributed by atoms with Gasteiger partial charge in [0.15, 0.2) is 9.84 Å². The molecular formula is C14H20N2O3S. The lowest BCUT2D eigenvalue weighted by Gasteiger charge is -2.11. The summed E-state index contributed by atoms with van der Waals surface area (Å²) in [5.41, 5.74) is 1.53. The maximum Gasteiger partial charge on any atom is 0.251 e. The standard InChI is InChI=1S/C14H20N2O3S/c1-2-8-15-12-5-3-11(4-6-12)14(17)16-13-7-9-20(18,19)10-13/h3-6,13,15H,2,7-10H2,1H3,(H,16,17). The number of nitrogens with one attached hydrogen (secondary N) is 2. The summed E-state index contributed by atoms with van der Waals surface area (Å²) in [6.07, 6.45) is 1.54. The highest BCUT2D eigenvalue weighted by molar-refractivity contribution is 7.91. The molecular weight excluding hydrogens is 276 g/mol. The van der Waals surface area contributed by atoms with Crippen LogP contribution in [-0.4, -0.2) is 38.4 Å². The number of benzene rings is 1. The van der Waals surface area contributed by atoms with Crippen molar-refractivity contribution in [1.29, 1.82) is 0 Å². The van der Waals surface area contributed by atoms with Crippen molar-refractivity contribution in [3.05, 3.63) is 29.8 Å². The second-order valence-corrected chi connectivity index (χ2v) is 7.31. The number of sulfone groups is 1. The lowest BCUT2D eigenvalue weighted by Crippen LogP contribution is -2.35. The summed E-state index contributed by atoms with van der Waals surface area (Å²) in [5.74, 6) is 0.00122. The summed E-state index contributed by atoms with van der Waals surface area (Å²) in [4.78, 5) is 12.0. The average Bonchev–Trinajstić information content (AvgIpc) is 2.76. The van der Waals surface area contributed by atoms with Gasteiger partial charge in [0.1, 0.15) is 0 Å². The van der Waals surface area contributed by atoms with E-state index in [9.17, 15) is 13.2 Å². The molecule has 1 fully saturated rings. The van der Waals surface area contributed by atoms with Crippen molar-refractivity contribution in [3.8, 4) is 0 Å². The van der Waals surface area contributed by atoms with E-state index in [0.29, 0.717) is 12.0 Å². The highest BCUT2D eigenvalue weighted by Gasteiger charge is 2.29. The minimum Gasteiger partial charge on any atom is -0.385 e. The van der Waals surface area contributed by atoms with E-state index in [4.69, 9.17) is 0 Å². The van der Waals surface area contributed by atoms with Crippen molar-refractivity contribution < 1.29 is 13.2 Å². The van der Waals surface area contributed by atoms with Gasteiger partial charge in [-0.2, -0.15) is 0 Å². The Morgan fingerprint density at radius 3 is 2.55 bits per heavy atom. The monoisotopic (exact) mass is 296 g/mol. The number of rotatable bonds is 5. The van der Waals surface area contributed by atoms with Crippen LogP contribution in [0.2, 0.25) is 0 Å². The molecule has 0 saturated carbocycles. The van der Waals surface area contributed by atoms with Gasteiger partial charge in [-0.3, -0.25) is 4.79 Å². The zero-order valence-corrected chi connectivity index (χ0v) is 12.4. The molecule has 2 rings (SSSR count). The molecule has 0 aromatic heterocycles. The van der Waals surface area contributed by atoms with Gasteiger partial charge in [0.05, 0.1) is 11.5 Å². The molecule has 20 heavy (non-hydrogen) atoms. The Labute approximate surface area is 119 Å². The maximum atomic E-state index is 12.0. The van der Waals surface area contributed by atoms with Crippen molar-refractivity contribution in [2.75, 3.05) is 23.4 Å². The fraction of sp³-hybridized carbons (Fsp3) is 0.500. The highest BCUT2D eigenvalue weighted by atomic mass is 32.2. The number of carbonyl (C=O) groups excluding carboxylic acids is 1. The maximum absolute atomic E-state index is 12.0. The smallest absolute Gasteiger partial charge is 0.251 e. The van der Waals surface area contributed by atoms with E-state index >= 15 is 0 Å². The Hall–Kier alpha value is -1.56. The van der Waals surface area contributed by atoms with Crippen molar-refractivity contribution in [2.45, 2.75) is 25.8 Å². The van der Waals surface area contributed by atoms with Gasteiger partial charge in [-0.1, -0.05) is 6.92 Å². The number of anilines is 1. The van der Waals surface area contributed by atoms with Crippen molar-refractivity contribution >= 4 is 21.4 Å². The second kappa shape index (κ2) is 6.26. The molecule has 1 heterocycles. The van der Waals surface area contributed by atoms with Crippen molar-refractivity contribution in [3.63, 3.8) is 0 Å². The van der Waals surface area contributed by atoms with E-state index in [1.165, 1.54) is 0 Å². The molecule has 1 aliphatic rings. The van der Waals surface area contributed by atoms with Gasteiger partial charge in [0.25, 0.3) is 5.91 Å². The molecule has 0 aliphatic carbocycles. The lowest BCUT2D eigenvalue weighted by atomic mass is 10.1. The molecule has 0 bridgehead atoms. The Bertz CT molecular complexity index is 567. The first-order chi connectivity index (χ1) is 9.50. The van der Waals surface area contributed by atoms with Crippen LogP contribution in [0.3, 0.4) is 0 Å². The molecule has 1 aliphatic heterocycles. The molecule has 0 radical (unpaired) electrons. The summed E-state index contributed by atoms with van der Waals surface area (Å²) in [5, 5.41) is 6.01. The third-order valence-corrected chi connectivity index (χ3v) is 5.06. The van der Waals surface area contributed by atoms with Gasteiger partial charge in [-0.05, 0) is 37.1 Å². The molecule has 6 heteroatoms. The predicted octanol–water partition coefficient (Wildman–Crippen LogP) is 1.43. The fourth-order valence-electron chi connectivity index (χ4n) is 2.19. The van der Waals surface area contributed by atoms with E-state index in [-0.39, 0.29) is 23.5 Å². The number of hydrogen-bond donors (Lipinski definition) is 2. The first-order valence-electron chi connectivity index (χ1n) is 6.85. The topological polar surface area (TPSA) is 75.3 Å². The SMILES string of the molecule is CCCNc1ccc(C(=O)NC2CCS(=O)(=O)C2)cc1. The zero-order valence-electron chi connectivity index (χ0n) is 11.6. The third-order valence-electron chi connectivity index (χ3n) is 3.29. The molecule has 1 aromatic rings. The third kappa shape index (κ3) is 3.96. The van der Waals surface area contributed by atoms with Crippen LogP contribution in [0, 0.1) is 0 Å². The van der Waals surface area contributed by atoms with Crippen LogP contribution in [0.4, 0.5) is 5.69 Å². The van der Waals surface area contributed by atoms with E-state index in [1.807, 2.05) is 12.1 Å². The Balaban J connectivity index is 1.92. The van der Waals surface area contributed by atoms with Crippen LogP contribution in [0.15, 0.2) is 24.3 Å². The van der Waals surface area contributed by atoms with Gasteiger partial charge in [0, 0.05) is 23.8 Å². The molecule has 5 nitrogen and oxygen atoms in total. The van der Waals surface area contributed by atoms with Gasteiger partial charge < -0.3 is 10.6 Å². The van der Waals surface area contributed by atoms with Crippen molar-refractivity contribution in [2.24, 2.45) is 0 Å².